The minimum atomic E-state index is -0.116. The molecule has 0 aliphatic heterocycles. The number of anilines is 1. The second kappa shape index (κ2) is 13.3. The molecule has 2 aromatic rings. The van der Waals surface area contributed by atoms with Crippen molar-refractivity contribution in [2.45, 2.75) is 27.3 Å². The SMILES string of the molecule is CCN(CC)CCOc1ccc(CNC(=O)c2cc(N)ccc2C)cc1.Cl.Cl. The number of amides is 1. The van der Waals surface area contributed by atoms with Gasteiger partial charge in [-0.15, -0.1) is 24.8 Å². The summed E-state index contributed by atoms with van der Waals surface area (Å²) in [5.74, 6) is 0.730. The second-order valence-corrected chi connectivity index (χ2v) is 6.28. The number of halogens is 2. The molecular formula is C21H31Cl2N3O2. The van der Waals surface area contributed by atoms with Crippen LogP contribution in [0.1, 0.15) is 35.3 Å². The number of nitrogens with two attached hydrogens (primary N) is 1. The molecule has 28 heavy (non-hydrogen) atoms. The van der Waals surface area contributed by atoms with Crippen LogP contribution in [-0.4, -0.2) is 37.0 Å². The minimum absolute atomic E-state index is 0. The molecule has 0 atom stereocenters. The molecule has 0 saturated carbocycles. The van der Waals surface area contributed by atoms with Crippen LogP contribution in [0.5, 0.6) is 5.75 Å². The van der Waals surface area contributed by atoms with Gasteiger partial charge in [-0.05, 0) is 55.4 Å². The summed E-state index contributed by atoms with van der Waals surface area (Å²) in [6.07, 6.45) is 0. The van der Waals surface area contributed by atoms with Gasteiger partial charge in [0.15, 0.2) is 0 Å². The highest BCUT2D eigenvalue weighted by Gasteiger charge is 2.09. The van der Waals surface area contributed by atoms with Crippen LogP contribution in [0.3, 0.4) is 0 Å². The summed E-state index contributed by atoms with van der Waals surface area (Å²) in [7, 11) is 0. The lowest BCUT2D eigenvalue weighted by atomic mass is 10.1. The first-order chi connectivity index (χ1) is 12.5. The molecule has 0 aliphatic rings. The van der Waals surface area contributed by atoms with Crippen LogP contribution in [0.15, 0.2) is 42.5 Å². The number of carbonyl (C=O) groups is 1. The lowest BCUT2D eigenvalue weighted by Crippen LogP contribution is -2.27. The van der Waals surface area contributed by atoms with E-state index in [4.69, 9.17) is 10.5 Å². The molecule has 0 heterocycles. The monoisotopic (exact) mass is 427 g/mol. The molecule has 2 aromatic carbocycles. The first-order valence-electron chi connectivity index (χ1n) is 9.12. The number of hydrogen-bond acceptors (Lipinski definition) is 4. The smallest absolute Gasteiger partial charge is 0.251 e. The topological polar surface area (TPSA) is 67.6 Å². The maximum atomic E-state index is 12.3. The Labute approximate surface area is 180 Å². The van der Waals surface area contributed by atoms with Crippen LogP contribution in [0.2, 0.25) is 0 Å². The molecule has 0 spiro atoms. The third kappa shape index (κ3) is 7.97. The van der Waals surface area contributed by atoms with E-state index in [-0.39, 0.29) is 30.7 Å². The van der Waals surface area contributed by atoms with Gasteiger partial charge in [-0.1, -0.05) is 32.0 Å². The average Bonchev–Trinajstić information content (AvgIpc) is 2.66. The van der Waals surface area contributed by atoms with Gasteiger partial charge >= 0.3 is 0 Å². The number of aryl methyl sites for hydroxylation is 1. The molecule has 0 unspecified atom stereocenters. The van der Waals surface area contributed by atoms with E-state index in [1.54, 1.807) is 12.1 Å². The lowest BCUT2D eigenvalue weighted by molar-refractivity contribution is 0.0950. The Morgan fingerprint density at radius 1 is 1.07 bits per heavy atom. The molecule has 3 N–H and O–H groups in total. The van der Waals surface area contributed by atoms with Crippen molar-refractivity contribution in [2.24, 2.45) is 0 Å². The number of benzene rings is 2. The highest BCUT2D eigenvalue weighted by atomic mass is 35.5. The Kier molecular flexibility index (Phi) is 12.3. The molecule has 7 heteroatoms. The number of carbonyl (C=O) groups excluding carboxylic acids is 1. The molecule has 0 bridgehead atoms. The fourth-order valence-corrected chi connectivity index (χ4v) is 2.70. The summed E-state index contributed by atoms with van der Waals surface area (Å²) in [4.78, 5) is 14.6. The molecule has 0 fully saturated rings. The summed E-state index contributed by atoms with van der Waals surface area (Å²) in [5, 5.41) is 2.93. The first-order valence-corrected chi connectivity index (χ1v) is 9.12. The number of ether oxygens (including phenoxy) is 1. The first kappa shape index (κ1) is 26.1. The van der Waals surface area contributed by atoms with Gasteiger partial charge in [0.05, 0.1) is 0 Å². The Morgan fingerprint density at radius 2 is 1.71 bits per heavy atom. The third-order valence-electron chi connectivity index (χ3n) is 4.45. The molecule has 0 aliphatic carbocycles. The molecule has 0 aromatic heterocycles. The number of nitrogens with one attached hydrogen (secondary N) is 1. The molecule has 2 rings (SSSR count). The summed E-state index contributed by atoms with van der Waals surface area (Å²) >= 11 is 0. The Bertz CT molecular complexity index is 720. The van der Waals surface area contributed by atoms with Crippen molar-refractivity contribution in [1.82, 2.24) is 10.2 Å². The van der Waals surface area contributed by atoms with Crippen LogP contribution in [0.25, 0.3) is 0 Å². The molecule has 5 nitrogen and oxygen atoms in total. The van der Waals surface area contributed by atoms with Gasteiger partial charge in [0, 0.05) is 24.3 Å². The van der Waals surface area contributed by atoms with E-state index < -0.39 is 0 Å². The van der Waals surface area contributed by atoms with E-state index in [0.29, 0.717) is 24.4 Å². The van der Waals surface area contributed by atoms with E-state index in [9.17, 15) is 4.79 Å². The minimum Gasteiger partial charge on any atom is -0.492 e. The van der Waals surface area contributed by atoms with Gasteiger partial charge in [0.2, 0.25) is 0 Å². The Morgan fingerprint density at radius 3 is 2.32 bits per heavy atom. The predicted octanol–water partition coefficient (Wildman–Crippen LogP) is 4.07. The maximum Gasteiger partial charge on any atom is 0.251 e. The zero-order valence-corrected chi connectivity index (χ0v) is 18.4. The Balaban J connectivity index is 0.00000364. The van der Waals surface area contributed by atoms with Crippen LogP contribution in [0.4, 0.5) is 5.69 Å². The number of rotatable bonds is 9. The number of likely N-dealkylation sites (N-methyl/N-ethyl adjacent to an activating group) is 1. The van der Waals surface area contributed by atoms with E-state index in [1.165, 1.54) is 0 Å². The van der Waals surface area contributed by atoms with E-state index in [1.807, 2.05) is 37.3 Å². The molecular weight excluding hydrogens is 397 g/mol. The third-order valence-corrected chi connectivity index (χ3v) is 4.45. The summed E-state index contributed by atoms with van der Waals surface area (Å²) in [5.41, 5.74) is 8.91. The van der Waals surface area contributed by atoms with E-state index >= 15 is 0 Å². The van der Waals surface area contributed by atoms with Crippen molar-refractivity contribution in [3.05, 3.63) is 59.2 Å². The fraction of sp³-hybridized carbons (Fsp3) is 0.381. The quantitative estimate of drug-likeness (QED) is 0.591. The van der Waals surface area contributed by atoms with Crippen LogP contribution >= 0.6 is 24.8 Å². The summed E-state index contributed by atoms with van der Waals surface area (Å²) < 4.78 is 5.78. The van der Waals surface area contributed by atoms with Gasteiger partial charge < -0.3 is 20.7 Å². The molecule has 1 amide bonds. The van der Waals surface area contributed by atoms with Gasteiger partial charge in [-0.3, -0.25) is 4.79 Å². The van der Waals surface area contributed by atoms with Crippen molar-refractivity contribution in [3.8, 4) is 5.75 Å². The Hall–Kier alpha value is -1.95. The van der Waals surface area contributed by atoms with Gasteiger partial charge in [-0.25, -0.2) is 0 Å². The predicted molar refractivity (Wildman–Crippen MR) is 121 cm³/mol. The largest absolute Gasteiger partial charge is 0.492 e. The average molecular weight is 428 g/mol. The zero-order chi connectivity index (χ0) is 18.9. The standard InChI is InChI=1S/C21H29N3O2.2ClH/c1-4-24(5-2)12-13-26-19-10-7-17(8-11-19)15-23-21(25)20-14-18(22)9-6-16(20)3;;/h6-11,14H,4-5,12-13,15,22H2,1-3H3,(H,23,25);2*1H. The molecule has 156 valence electrons. The number of nitrogen functional groups attached to an aromatic ring is 1. The van der Waals surface area contributed by atoms with Crippen molar-refractivity contribution in [3.63, 3.8) is 0 Å². The van der Waals surface area contributed by atoms with Crippen molar-refractivity contribution in [2.75, 3.05) is 32.0 Å². The summed E-state index contributed by atoms with van der Waals surface area (Å²) in [6.45, 7) is 10.3. The summed E-state index contributed by atoms with van der Waals surface area (Å²) in [6, 6.07) is 13.2. The fourth-order valence-electron chi connectivity index (χ4n) is 2.70. The van der Waals surface area contributed by atoms with Crippen LogP contribution in [0, 0.1) is 6.92 Å². The van der Waals surface area contributed by atoms with Gasteiger partial charge in [0.1, 0.15) is 12.4 Å². The van der Waals surface area contributed by atoms with Crippen molar-refractivity contribution >= 4 is 36.4 Å². The second-order valence-electron chi connectivity index (χ2n) is 6.28. The van der Waals surface area contributed by atoms with E-state index in [2.05, 4.69) is 24.1 Å². The van der Waals surface area contributed by atoms with E-state index in [0.717, 1.165) is 36.5 Å². The molecule has 0 saturated heterocycles. The molecule has 0 radical (unpaired) electrons. The number of nitrogens with zero attached hydrogens (tertiary/aromatic N) is 1. The number of hydrogen-bond donors (Lipinski definition) is 2. The normalized spacial score (nSPS) is 10.0. The highest BCUT2D eigenvalue weighted by molar-refractivity contribution is 5.96. The van der Waals surface area contributed by atoms with Gasteiger partial charge in [0.25, 0.3) is 5.91 Å². The zero-order valence-electron chi connectivity index (χ0n) is 16.7. The van der Waals surface area contributed by atoms with Gasteiger partial charge in [-0.2, -0.15) is 0 Å². The van der Waals surface area contributed by atoms with Crippen molar-refractivity contribution < 1.29 is 9.53 Å². The highest BCUT2D eigenvalue weighted by Crippen LogP contribution is 2.14. The van der Waals surface area contributed by atoms with Crippen molar-refractivity contribution in [1.29, 1.82) is 0 Å². The van der Waals surface area contributed by atoms with Crippen LogP contribution < -0.4 is 15.8 Å². The maximum absolute atomic E-state index is 12.3. The lowest BCUT2D eigenvalue weighted by Gasteiger charge is -2.18. The van der Waals surface area contributed by atoms with Crippen LogP contribution in [-0.2, 0) is 6.54 Å².